The third-order valence-corrected chi connectivity index (χ3v) is 7.35. The Kier molecular flexibility index (Phi) is 5.83. The average Bonchev–Trinajstić information content (AvgIpc) is 2.94. The van der Waals surface area contributed by atoms with Crippen LogP contribution in [0.5, 0.6) is 0 Å². The quantitative estimate of drug-likeness (QED) is 0.694. The fraction of sp³-hybridized carbons (Fsp3) is 0.818. The second-order valence-corrected chi connectivity index (χ2v) is 9.14. The Morgan fingerprint density at radius 1 is 0.786 bits per heavy atom. The lowest BCUT2D eigenvalue weighted by atomic mass is 9.80. The molecule has 6 nitrogen and oxygen atoms in total. The summed E-state index contributed by atoms with van der Waals surface area (Å²) >= 11 is 0. The molecule has 0 N–H and O–H groups in total. The lowest BCUT2D eigenvalue weighted by molar-refractivity contribution is -0.149. The van der Waals surface area contributed by atoms with Gasteiger partial charge in [-0.3, -0.25) is 24.1 Å². The number of likely N-dealkylation sites (tertiary alicyclic amines) is 1. The molecule has 0 aromatic carbocycles. The van der Waals surface area contributed by atoms with Crippen molar-refractivity contribution in [2.24, 2.45) is 11.8 Å². The molecule has 4 aliphatic rings. The van der Waals surface area contributed by atoms with Crippen molar-refractivity contribution in [3.05, 3.63) is 0 Å². The third kappa shape index (κ3) is 3.74. The second-order valence-electron chi connectivity index (χ2n) is 9.14. The zero-order chi connectivity index (χ0) is 19.7. The highest BCUT2D eigenvalue weighted by atomic mass is 16.2. The predicted molar refractivity (Wildman–Crippen MR) is 103 cm³/mol. The lowest BCUT2D eigenvalue weighted by Gasteiger charge is -2.42. The maximum Gasteiger partial charge on any atom is 0.243 e. The first-order valence-corrected chi connectivity index (χ1v) is 11.2. The van der Waals surface area contributed by atoms with E-state index in [2.05, 4.69) is 4.90 Å². The molecule has 1 aliphatic heterocycles. The first-order chi connectivity index (χ1) is 13.6. The van der Waals surface area contributed by atoms with Gasteiger partial charge >= 0.3 is 0 Å². The summed E-state index contributed by atoms with van der Waals surface area (Å²) in [5.41, 5.74) is 0. The highest BCUT2D eigenvalue weighted by Crippen LogP contribution is 2.37. The van der Waals surface area contributed by atoms with Crippen molar-refractivity contribution in [2.75, 3.05) is 6.54 Å². The molecule has 3 amide bonds. The van der Waals surface area contributed by atoms with Crippen molar-refractivity contribution in [2.45, 2.75) is 95.6 Å². The molecule has 2 unspecified atom stereocenters. The molecular weight excluding hydrogens is 356 g/mol. The zero-order valence-electron chi connectivity index (χ0n) is 16.7. The van der Waals surface area contributed by atoms with Gasteiger partial charge in [0.15, 0.2) is 0 Å². The Balaban J connectivity index is 1.49. The van der Waals surface area contributed by atoms with E-state index in [9.17, 15) is 19.2 Å². The topological polar surface area (TPSA) is 74.8 Å². The van der Waals surface area contributed by atoms with Crippen LogP contribution in [-0.4, -0.2) is 51.9 Å². The number of ketones is 1. The number of imide groups is 1. The number of carbonyl (C=O) groups excluding carboxylic acids is 4. The Bertz CT molecular complexity index is 631. The number of nitrogens with zero attached hydrogens (tertiary/aromatic N) is 2. The summed E-state index contributed by atoms with van der Waals surface area (Å²) in [6, 6.07) is 0.502. The molecule has 4 fully saturated rings. The van der Waals surface area contributed by atoms with Crippen LogP contribution in [0.1, 0.15) is 83.5 Å². The van der Waals surface area contributed by atoms with Crippen molar-refractivity contribution in [1.82, 2.24) is 9.80 Å². The Morgan fingerprint density at radius 2 is 1.32 bits per heavy atom. The Hall–Kier alpha value is -1.72. The molecule has 0 spiro atoms. The maximum absolute atomic E-state index is 13.4. The van der Waals surface area contributed by atoms with Crippen LogP contribution < -0.4 is 0 Å². The number of hydrogen-bond acceptors (Lipinski definition) is 4. The molecule has 0 bridgehead atoms. The molecule has 6 heteroatoms. The van der Waals surface area contributed by atoms with E-state index >= 15 is 0 Å². The SMILES string of the molecule is O=C1CCC2C(=O)N(CC(=O)N(C3CCCCC3)C3CCCCC3)C(=O)C2C1. The van der Waals surface area contributed by atoms with E-state index in [0.29, 0.717) is 12.8 Å². The number of Topliss-reactive ketones (excluding diaryl/α,β-unsaturated/α-hetero) is 1. The molecule has 2 atom stereocenters. The summed E-state index contributed by atoms with van der Waals surface area (Å²) in [7, 11) is 0. The van der Waals surface area contributed by atoms with Crippen LogP contribution in [0, 0.1) is 11.8 Å². The standard InChI is InChI=1S/C22H32N2O4/c25-17-11-12-18-19(13-17)22(28)23(21(18)27)14-20(26)24(15-7-3-1-4-8-15)16-9-5-2-6-10-16/h15-16,18-19H,1-14H2. The number of carbonyl (C=O) groups is 4. The average molecular weight is 389 g/mol. The monoisotopic (exact) mass is 388 g/mol. The summed E-state index contributed by atoms with van der Waals surface area (Å²) < 4.78 is 0. The summed E-state index contributed by atoms with van der Waals surface area (Å²) in [5.74, 6) is -1.46. The van der Waals surface area contributed by atoms with Gasteiger partial charge in [-0.2, -0.15) is 0 Å². The van der Waals surface area contributed by atoms with Gasteiger partial charge in [0, 0.05) is 24.9 Å². The predicted octanol–water partition coefficient (Wildman–Crippen LogP) is 2.83. The van der Waals surface area contributed by atoms with Crippen LogP contribution in [0.3, 0.4) is 0 Å². The summed E-state index contributed by atoms with van der Waals surface area (Å²) in [4.78, 5) is 53.9. The number of amides is 3. The van der Waals surface area contributed by atoms with Crippen molar-refractivity contribution in [3.8, 4) is 0 Å². The molecule has 154 valence electrons. The van der Waals surface area contributed by atoms with E-state index in [-0.39, 0.29) is 48.6 Å². The van der Waals surface area contributed by atoms with E-state index in [1.807, 2.05) is 0 Å². The normalized spacial score (nSPS) is 29.9. The zero-order valence-corrected chi connectivity index (χ0v) is 16.7. The van der Waals surface area contributed by atoms with Crippen LogP contribution in [0.4, 0.5) is 0 Å². The van der Waals surface area contributed by atoms with Crippen LogP contribution in [0.2, 0.25) is 0 Å². The molecular formula is C22H32N2O4. The van der Waals surface area contributed by atoms with Gasteiger partial charge < -0.3 is 4.90 Å². The van der Waals surface area contributed by atoms with Gasteiger partial charge in [-0.05, 0) is 32.1 Å². The number of rotatable bonds is 4. The van der Waals surface area contributed by atoms with Crippen molar-refractivity contribution < 1.29 is 19.2 Å². The van der Waals surface area contributed by atoms with Gasteiger partial charge in [0.05, 0.1) is 11.8 Å². The van der Waals surface area contributed by atoms with Crippen LogP contribution >= 0.6 is 0 Å². The molecule has 1 heterocycles. The van der Waals surface area contributed by atoms with Crippen LogP contribution in [0.15, 0.2) is 0 Å². The van der Waals surface area contributed by atoms with E-state index < -0.39 is 11.8 Å². The summed E-state index contributed by atoms with van der Waals surface area (Å²) in [6.45, 7) is -0.133. The minimum Gasteiger partial charge on any atom is -0.335 e. The first kappa shape index (κ1) is 19.6. The molecule has 0 radical (unpaired) electrons. The lowest BCUT2D eigenvalue weighted by Crippen LogP contribution is -2.52. The Morgan fingerprint density at radius 3 is 1.89 bits per heavy atom. The highest BCUT2D eigenvalue weighted by molar-refractivity contribution is 6.09. The molecule has 0 aromatic heterocycles. The highest BCUT2D eigenvalue weighted by Gasteiger charge is 2.51. The molecule has 28 heavy (non-hydrogen) atoms. The minimum atomic E-state index is -0.528. The van der Waals surface area contributed by atoms with E-state index in [0.717, 1.165) is 51.4 Å². The largest absolute Gasteiger partial charge is 0.335 e. The number of fused-ring (bicyclic) bond motifs is 1. The van der Waals surface area contributed by atoms with Gasteiger partial charge in [-0.15, -0.1) is 0 Å². The van der Waals surface area contributed by atoms with Gasteiger partial charge in [-0.1, -0.05) is 38.5 Å². The van der Waals surface area contributed by atoms with Gasteiger partial charge in [0.25, 0.3) is 0 Å². The van der Waals surface area contributed by atoms with E-state index in [4.69, 9.17) is 0 Å². The van der Waals surface area contributed by atoms with E-state index in [1.165, 1.54) is 17.7 Å². The first-order valence-electron chi connectivity index (χ1n) is 11.2. The van der Waals surface area contributed by atoms with Crippen molar-refractivity contribution in [1.29, 1.82) is 0 Å². The van der Waals surface area contributed by atoms with E-state index in [1.54, 1.807) is 0 Å². The van der Waals surface area contributed by atoms with Crippen molar-refractivity contribution >= 4 is 23.5 Å². The minimum absolute atomic E-state index is 0.0571. The molecule has 3 aliphatic carbocycles. The summed E-state index contributed by atoms with van der Waals surface area (Å²) in [5, 5.41) is 0. The molecule has 1 saturated heterocycles. The van der Waals surface area contributed by atoms with Crippen molar-refractivity contribution in [3.63, 3.8) is 0 Å². The fourth-order valence-corrected chi connectivity index (χ4v) is 5.87. The van der Waals surface area contributed by atoms with Gasteiger partial charge in [0.1, 0.15) is 12.3 Å². The maximum atomic E-state index is 13.4. The molecule has 4 rings (SSSR count). The van der Waals surface area contributed by atoms with Gasteiger partial charge in [0.2, 0.25) is 17.7 Å². The third-order valence-electron chi connectivity index (χ3n) is 7.35. The van der Waals surface area contributed by atoms with Gasteiger partial charge in [-0.25, -0.2) is 0 Å². The van der Waals surface area contributed by atoms with Crippen LogP contribution in [0.25, 0.3) is 0 Å². The number of hydrogen-bond donors (Lipinski definition) is 0. The smallest absolute Gasteiger partial charge is 0.243 e. The molecule has 0 aromatic rings. The second kappa shape index (κ2) is 8.34. The fourth-order valence-electron chi connectivity index (χ4n) is 5.87. The molecule has 3 saturated carbocycles. The van der Waals surface area contributed by atoms with Crippen LogP contribution in [-0.2, 0) is 19.2 Å². The Labute approximate surface area is 167 Å². The summed E-state index contributed by atoms with van der Waals surface area (Å²) in [6.07, 6.45) is 12.2.